The van der Waals surface area contributed by atoms with Crippen LogP contribution in [0, 0.1) is 0 Å². The third-order valence-electron chi connectivity index (χ3n) is 1.84. The summed E-state index contributed by atoms with van der Waals surface area (Å²) >= 11 is 5.89. The molecule has 0 fully saturated rings. The minimum absolute atomic E-state index is 0.282. The molecule has 0 saturated carbocycles. The molecule has 1 amide bonds. The number of halogens is 1. The molecule has 1 rings (SSSR count). The Labute approximate surface area is 93.4 Å². The van der Waals surface area contributed by atoms with Gasteiger partial charge in [-0.1, -0.05) is 17.7 Å². The van der Waals surface area contributed by atoms with Crippen LogP contribution in [0.4, 0.5) is 5.69 Å². The molecule has 0 radical (unpaired) electrons. The summed E-state index contributed by atoms with van der Waals surface area (Å²) in [5.41, 5.74) is 5.95. The van der Waals surface area contributed by atoms with Crippen LogP contribution in [0.2, 0.25) is 5.02 Å². The lowest BCUT2D eigenvalue weighted by Gasteiger charge is -2.12. The van der Waals surface area contributed by atoms with Crippen LogP contribution in [0.25, 0.3) is 0 Å². The standard InChI is InChI=1S/C10H13ClN2O2/c1-6(12)10(14)13-8-5-3-4-7(11)9(8)15-2/h3-6H,12H2,1-2H3,(H,13,14)/t6-/m1/s1. The molecule has 1 atom stereocenters. The minimum Gasteiger partial charge on any atom is -0.493 e. The Kier molecular flexibility index (Phi) is 3.94. The molecular formula is C10H13ClN2O2. The number of hydrogen-bond acceptors (Lipinski definition) is 3. The van der Waals surface area contributed by atoms with Crippen molar-refractivity contribution in [2.75, 3.05) is 12.4 Å². The van der Waals surface area contributed by atoms with Gasteiger partial charge in [0.1, 0.15) is 0 Å². The predicted octanol–water partition coefficient (Wildman–Crippen LogP) is 1.63. The number of benzene rings is 1. The molecule has 82 valence electrons. The molecule has 0 aromatic heterocycles. The van der Waals surface area contributed by atoms with Crippen molar-refractivity contribution in [1.29, 1.82) is 0 Å². The summed E-state index contributed by atoms with van der Waals surface area (Å²) in [7, 11) is 1.49. The summed E-state index contributed by atoms with van der Waals surface area (Å²) in [6.45, 7) is 1.60. The van der Waals surface area contributed by atoms with Crippen molar-refractivity contribution in [2.45, 2.75) is 13.0 Å². The van der Waals surface area contributed by atoms with Gasteiger partial charge in [-0.05, 0) is 19.1 Å². The maximum absolute atomic E-state index is 11.4. The number of nitrogens with two attached hydrogens (primary N) is 1. The quantitative estimate of drug-likeness (QED) is 0.827. The highest BCUT2D eigenvalue weighted by atomic mass is 35.5. The van der Waals surface area contributed by atoms with Crippen LogP contribution in [0.5, 0.6) is 5.75 Å². The summed E-state index contributed by atoms with van der Waals surface area (Å²) < 4.78 is 5.07. The van der Waals surface area contributed by atoms with E-state index >= 15 is 0 Å². The van der Waals surface area contributed by atoms with E-state index in [1.54, 1.807) is 25.1 Å². The van der Waals surface area contributed by atoms with E-state index in [-0.39, 0.29) is 5.91 Å². The zero-order valence-corrected chi connectivity index (χ0v) is 9.34. The smallest absolute Gasteiger partial charge is 0.241 e. The molecule has 0 spiro atoms. The van der Waals surface area contributed by atoms with Gasteiger partial charge in [-0.25, -0.2) is 0 Å². The number of rotatable bonds is 3. The van der Waals surface area contributed by atoms with Gasteiger partial charge < -0.3 is 15.8 Å². The first-order chi connectivity index (χ1) is 7.06. The van der Waals surface area contributed by atoms with Gasteiger partial charge in [-0.3, -0.25) is 4.79 Å². The number of amides is 1. The van der Waals surface area contributed by atoms with Crippen LogP contribution in [-0.2, 0) is 4.79 Å². The molecule has 15 heavy (non-hydrogen) atoms. The van der Waals surface area contributed by atoms with E-state index in [0.29, 0.717) is 16.5 Å². The van der Waals surface area contributed by atoms with E-state index in [1.165, 1.54) is 7.11 Å². The van der Waals surface area contributed by atoms with E-state index in [0.717, 1.165) is 0 Å². The first-order valence-corrected chi connectivity index (χ1v) is 4.83. The number of ether oxygens (including phenoxy) is 1. The van der Waals surface area contributed by atoms with Crippen LogP contribution >= 0.6 is 11.6 Å². The molecule has 4 nitrogen and oxygen atoms in total. The van der Waals surface area contributed by atoms with E-state index in [1.807, 2.05) is 0 Å². The fraction of sp³-hybridized carbons (Fsp3) is 0.300. The van der Waals surface area contributed by atoms with E-state index < -0.39 is 6.04 Å². The van der Waals surface area contributed by atoms with Crippen molar-refractivity contribution in [2.24, 2.45) is 5.73 Å². The van der Waals surface area contributed by atoms with Crippen LogP contribution in [0.1, 0.15) is 6.92 Å². The lowest BCUT2D eigenvalue weighted by Crippen LogP contribution is -2.32. The van der Waals surface area contributed by atoms with Gasteiger partial charge >= 0.3 is 0 Å². The third-order valence-corrected chi connectivity index (χ3v) is 2.14. The second-order valence-electron chi connectivity index (χ2n) is 3.10. The first kappa shape index (κ1) is 11.8. The van der Waals surface area contributed by atoms with Gasteiger partial charge in [0, 0.05) is 0 Å². The zero-order valence-electron chi connectivity index (χ0n) is 8.58. The number of carbonyl (C=O) groups excluding carboxylic acids is 1. The van der Waals surface area contributed by atoms with Crippen LogP contribution in [-0.4, -0.2) is 19.1 Å². The SMILES string of the molecule is COc1c(Cl)cccc1NC(=O)[C@@H](C)N. The lowest BCUT2D eigenvalue weighted by atomic mass is 10.2. The number of para-hydroxylation sites is 1. The Morgan fingerprint density at radius 3 is 2.80 bits per heavy atom. The number of nitrogens with one attached hydrogen (secondary N) is 1. The van der Waals surface area contributed by atoms with Crippen molar-refractivity contribution in [3.63, 3.8) is 0 Å². The number of anilines is 1. The van der Waals surface area contributed by atoms with E-state index in [4.69, 9.17) is 22.1 Å². The molecule has 0 aliphatic carbocycles. The van der Waals surface area contributed by atoms with Crippen molar-refractivity contribution in [3.05, 3.63) is 23.2 Å². The number of carbonyl (C=O) groups is 1. The van der Waals surface area contributed by atoms with Gasteiger partial charge in [0.15, 0.2) is 5.75 Å². The molecule has 0 bridgehead atoms. The second kappa shape index (κ2) is 5.00. The summed E-state index contributed by atoms with van der Waals surface area (Å²) in [6, 6.07) is 4.53. The van der Waals surface area contributed by atoms with Crippen molar-refractivity contribution >= 4 is 23.2 Å². The summed E-state index contributed by atoms with van der Waals surface area (Å²) in [4.78, 5) is 11.4. The summed E-state index contributed by atoms with van der Waals surface area (Å²) in [5.74, 6) is 0.156. The Bertz CT molecular complexity index is 366. The van der Waals surface area contributed by atoms with E-state index in [9.17, 15) is 4.79 Å². The molecule has 0 saturated heterocycles. The Balaban J connectivity index is 2.94. The highest BCUT2D eigenvalue weighted by molar-refractivity contribution is 6.32. The van der Waals surface area contributed by atoms with Crippen LogP contribution < -0.4 is 15.8 Å². The number of hydrogen-bond donors (Lipinski definition) is 2. The molecular weight excluding hydrogens is 216 g/mol. The van der Waals surface area contributed by atoms with Gasteiger partial charge in [0.2, 0.25) is 5.91 Å². The van der Waals surface area contributed by atoms with E-state index in [2.05, 4.69) is 5.32 Å². The topological polar surface area (TPSA) is 64.3 Å². The molecule has 1 aromatic carbocycles. The second-order valence-corrected chi connectivity index (χ2v) is 3.51. The Morgan fingerprint density at radius 1 is 1.60 bits per heavy atom. The highest BCUT2D eigenvalue weighted by Gasteiger charge is 2.12. The average Bonchev–Trinajstić information content (AvgIpc) is 2.18. The highest BCUT2D eigenvalue weighted by Crippen LogP contribution is 2.32. The van der Waals surface area contributed by atoms with Crippen molar-refractivity contribution in [1.82, 2.24) is 0 Å². The maximum Gasteiger partial charge on any atom is 0.241 e. The largest absolute Gasteiger partial charge is 0.493 e. The lowest BCUT2D eigenvalue weighted by molar-refractivity contribution is -0.117. The van der Waals surface area contributed by atoms with Gasteiger partial charge in [0.25, 0.3) is 0 Å². The maximum atomic E-state index is 11.4. The van der Waals surface area contributed by atoms with Gasteiger partial charge in [-0.15, -0.1) is 0 Å². The van der Waals surface area contributed by atoms with Crippen molar-refractivity contribution < 1.29 is 9.53 Å². The zero-order chi connectivity index (χ0) is 11.4. The molecule has 0 aliphatic heterocycles. The predicted molar refractivity (Wildman–Crippen MR) is 60.3 cm³/mol. The normalized spacial score (nSPS) is 12.0. The Hall–Kier alpha value is -1.26. The Morgan fingerprint density at radius 2 is 2.27 bits per heavy atom. The van der Waals surface area contributed by atoms with Crippen LogP contribution in [0.15, 0.2) is 18.2 Å². The summed E-state index contributed by atoms with van der Waals surface area (Å²) in [5, 5.41) is 3.07. The molecule has 0 aliphatic rings. The molecule has 1 aromatic rings. The molecule has 5 heteroatoms. The fourth-order valence-electron chi connectivity index (χ4n) is 1.06. The van der Waals surface area contributed by atoms with Gasteiger partial charge in [-0.2, -0.15) is 0 Å². The monoisotopic (exact) mass is 228 g/mol. The molecule has 0 unspecified atom stereocenters. The van der Waals surface area contributed by atoms with Gasteiger partial charge in [0.05, 0.1) is 23.9 Å². The number of methoxy groups -OCH3 is 1. The summed E-state index contributed by atoms with van der Waals surface area (Å²) in [6.07, 6.45) is 0. The minimum atomic E-state index is -0.575. The van der Waals surface area contributed by atoms with Crippen molar-refractivity contribution in [3.8, 4) is 5.75 Å². The first-order valence-electron chi connectivity index (χ1n) is 4.45. The fourth-order valence-corrected chi connectivity index (χ4v) is 1.31. The third kappa shape index (κ3) is 2.84. The average molecular weight is 229 g/mol. The molecule has 0 heterocycles. The van der Waals surface area contributed by atoms with Crippen LogP contribution in [0.3, 0.4) is 0 Å². The molecule has 3 N–H and O–H groups in total.